The van der Waals surface area contributed by atoms with E-state index in [1.54, 1.807) is 12.1 Å². The number of likely N-dealkylation sites (tertiary alicyclic amines) is 1. The van der Waals surface area contributed by atoms with Crippen molar-refractivity contribution in [1.82, 2.24) is 19.5 Å². The SMILES string of the molecule is CCCCN1C[C@H]2C(=O)NC3(CCN(S(=O)(=O)c4ccccn4)CC3)[C@H]2C1.O=C(O)C(F)(F)F.O=C(O)C(F)(F)F. The number of pyridine rings is 1. The van der Waals surface area contributed by atoms with E-state index in [4.69, 9.17) is 19.8 Å². The first-order chi connectivity index (χ1) is 18.8. The first kappa shape index (κ1) is 34.2. The molecule has 0 aromatic carbocycles. The minimum atomic E-state index is -5.08. The highest BCUT2D eigenvalue weighted by atomic mass is 32.2. The lowest BCUT2D eigenvalue weighted by Crippen LogP contribution is -2.56. The third kappa shape index (κ3) is 8.75. The average Bonchev–Trinajstić information content (AvgIpc) is 3.42. The molecule has 3 aliphatic rings. The number of carboxylic acids is 2. The highest BCUT2D eigenvalue weighted by Crippen LogP contribution is 2.44. The number of fused-ring (bicyclic) bond motifs is 2. The predicted octanol–water partition coefficient (Wildman–Crippen LogP) is 2.35. The molecule has 11 nitrogen and oxygen atoms in total. The molecule has 41 heavy (non-hydrogen) atoms. The Labute approximate surface area is 231 Å². The van der Waals surface area contributed by atoms with Crippen molar-refractivity contribution in [2.24, 2.45) is 11.8 Å². The summed E-state index contributed by atoms with van der Waals surface area (Å²) >= 11 is 0. The summed E-state index contributed by atoms with van der Waals surface area (Å²) in [5, 5.41) is 17.6. The third-order valence-corrected chi connectivity index (χ3v) is 8.80. The van der Waals surface area contributed by atoms with E-state index in [0.717, 1.165) is 32.5 Å². The Balaban J connectivity index is 0.000000349. The molecule has 1 amide bonds. The maximum Gasteiger partial charge on any atom is 0.490 e. The zero-order chi connectivity index (χ0) is 31.2. The minimum Gasteiger partial charge on any atom is -0.475 e. The number of aliphatic carboxylic acids is 2. The van der Waals surface area contributed by atoms with Crippen LogP contribution in [0.1, 0.15) is 32.6 Å². The molecule has 0 radical (unpaired) electrons. The van der Waals surface area contributed by atoms with Gasteiger partial charge in [0.1, 0.15) is 0 Å². The zero-order valence-corrected chi connectivity index (χ0v) is 22.6. The number of hydrogen-bond acceptors (Lipinski definition) is 7. The summed E-state index contributed by atoms with van der Waals surface area (Å²) < 4.78 is 90.6. The van der Waals surface area contributed by atoms with Gasteiger partial charge in [0.05, 0.1) is 5.92 Å². The van der Waals surface area contributed by atoms with Gasteiger partial charge < -0.3 is 20.4 Å². The largest absolute Gasteiger partial charge is 0.490 e. The maximum atomic E-state index is 12.8. The molecule has 0 unspecified atom stereocenters. The van der Waals surface area contributed by atoms with Crippen molar-refractivity contribution >= 4 is 27.9 Å². The standard InChI is InChI=1S/C19H28N4O3S.2C2HF3O2/c1-2-3-10-22-13-15-16(14-22)19(21-18(15)24)7-11-23(12-8-19)27(25,26)17-6-4-5-9-20-17;2*3-2(4,5)1(6)7/h4-6,9,15-16H,2-3,7-8,10-14H2,1H3,(H,21,24);2*(H,6,7)/t15-,16+;;/m1../s1. The molecule has 3 fully saturated rings. The van der Waals surface area contributed by atoms with Crippen LogP contribution in [0.2, 0.25) is 0 Å². The first-order valence-electron chi connectivity index (χ1n) is 12.4. The van der Waals surface area contributed by atoms with E-state index in [-0.39, 0.29) is 22.4 Å². The van der Waals surface area contributed by atoms with Crippen LogP contribution >= 0.6 is 0 Å². The molecular formula is C23H30F6N4O7S. The number of amides is 1. The summed E-state index contributed by atoms with van der Waals surface area (Å²) in [6.45, 7) is 5.87. The van der Waals surface area contributed by atoms with Gasteiger partial charge in [0, 0.05) is 43.8 Å². The molecule has 0 saturated carbocycles. The van der Waals surface area contributed by atoms with E-state index in [2.05, 4.69) is 22.1 Å². The molecule has 1 aromatic rings. The Kier molecular flexibility index (Phi) is 11.1. The van der Waals surface area contributed by atoms with Crippen molar-refractivity contribution in [2.75, 3.05) is 32.7 Å². The molecule has 232 valence electrons. The summed E-state index contributed by atoms with van der Waals surface area (Å²) in [4.78, 5) is 36.8. The summed E-state index contributed by atoms with van der Waals surface area (Å²) in [5.41, 5.74) is -0.251. The van der Waals surface area contributed by atoms with E-state index >= 15 is 0 Å². The smallest absolute Gasteiger partial charge is 0.475 e. The second-order valence-corrected chi connectivity index (χ2v) is 11.5. The number of alkyl halides is 6. The number of sulfonamides is 1. The number of unbranched alkanes of at least 4 members (excludes halogenated alkanes) is 1. The van der Waals surface area contributed by atoms with Gasteiger partial charge in [0.15, 0.2) is 5.03 Å². The van der Waals surface area contributed by atoms with Crippen molar-refractivity contribution in [3.8, 4) is 0 Å². The first-order valence-corrected chi connectivity index (χ1v) is 13.8. The number of carbonyl (C=O) groups excluding carboxylic acids is 1. The summed E-state index contributed by atoms with van der Waals surface area (Å²) in [6.07, 6.45) is -5.00. The number of nitrogens with one attached hydrogen (secondary N) is 1. The molecule has 4 heterocycles. The van der Waals surface area contributed by atoms with Crippen LogP contribution in [-0.4, -0.2) is 101 Å². The molecule has 3 saturated heterocycles. The van der Waals surface area contributed by atoms with Gasteiger partial charge in [-0.05, 0) is 37.9 Å². The quantitative estimate of drug-likeness (QED) is 0.421. The van der Waals surface area contributed by atoms with Gasteiger partial charge in [0.2, 0.25) is 5.91 Å². The van der Waals surface area contributed by atoms with Crippen LogP contribution < -0.4 is 5.32 Å². The second-order valence-electron chi connectivity index (χ2n) is 9.65. The molecule has 2 atom stereocenters. The molecule has 0 aliphatic carbocycles. The molecule has 1 spiro atoms. The highest BCUT2D eigenvalue weighted by molar-refractivity contribution is 7.89. The number of carboxylic acid groups (broad SMARTS) is 2. The summed E-state index contributed by atoms with van der Waals surface area (Å²) in [6, 6.07) is 4.94. The van der Waals surface area contributed by atoms with E-state index in [1.807, 2.05) is 0 Å². The Morgan fingerprint density at radius 1 is 1.05 bits per heavy atom. The topological polar surface area (TPSA) is 157 Å². The fourth-order valence-corrected chi connectivity index (χ4v) is 6.33. The van der Waals surface area contributed by atoms with Crippen LogP contribution in [0, 0.1) is 11.8 Å². The van der Waals surface area contributed by atoms with E-state index < -0.39 is 34.3 Å². The molecule has 1 aromatic heterocycles. The van der Waals surface area contributed by atoms with E-state index in [0.29, 0.717) is 31.8 Å². The Morgan fingerprint density at radius 3 is 2.02 bits per heavy atom. The third-order valence-electron chi connectivity index (χ3n) is 6.98. The molecule has 18 heteroatoms. The highest BCUT2D eigenvalue weighted by Gasteiger charge is 2.57. The van der Waals surface area contributed by atoms with Crippen LogP contribution in [0.5, 0.6) is 0 Å². The van der Waals surface area contributed by atoms with Crippen LogP contribution in [0.3, 0.4) is 0 Å². The number of halogens is 6. The van der Waals surface area contributed by atoms with Crippen LogP contribution in [-0.2, 0) is 24.4 Å². The van der Waals surface area contributed by atoms with Gasteiger partial charge in [0.25, 0.3) is 10.0 Å². The van der Waals surface area contributed by atoms with Crippen LogP contribution in [0.25, 0.3) is 0 Å². The number of aromatic nitrogens is 1. The lowest BCUT2D eigenvalue weighted by Gasteiger charge is -2.42. The van der Waals surface area contributed by atoms with Gasteiger partial charge in [-0.25, -0.2) is 23.0 Å². The van der Waals surface area contributed by atoms with Crippen molar-refractivity contribution in [3.63, 3.8) is 0 Å². The summed E-state index contributed by atoms with van der Waals surface area (Å²) in [7, 11) is -3.57. The maximum absolute atomic E-state index is 12.8. The predicted molar refractivity (Wildman–Crippen MR) is 129 cm³/mol. The van der Waals surface area contributed by atoms with Gasteiger partial charge >= 0.3 is 24.3 Å². The monoisotopic (exact) mass is 620 g/mol. The Hall–Kier alpha value is -2.99. The van der Waals surface area contributed by atoms with E-state index in [1.165, 1.54) is 16.6 Å². The van der Waals surface area contributed by atoms with Crippen molar-refractivity contribution in [3.05, 3.63) is 24.4 Å². The van der Waals surface area contributed by atoms with E-state index in [9.17, 15) is 39.6 Å². The van der Waals surface area contributed by atoms with Crippen molar-refractivity contribution in [2.45, 2.75) is 55.5 Å². The number of piperidine rings is 1. The number of rotatable bonds is 5. The lowest BCUT2D eigenvalue weighted by atomic mass is 9.76. The molecular weight excluding hydrogens is 590 g/mol. The average molecular weight is 621 g/mol. The number of carbonyl (C=O) groups is 3. The molecule has 0 bridgehead atoms. The molecule has 3 aliphatic heterocycles. The fourth-order valence-electron chi connectivity index (χ4n) is 4.96. The van der Waals surface area contributed by atoms with Gasteiger partial charge in [-0.15, -0.1) is 0 Å². The zero-order valence-electron chi connectivity index (χ0n) is 21.8. The van der Waals surface area contributed by atoms with Crippen molar-refractivity contribution in [1.29, 1.82) is 0 Å². The summed E-state index contributed by atoms with van der Waals surface area (Å²) in [5.74, 6) is -5.01. The molecule has 3 N–H and O–H groups in total. The van der Waals surface area contributed by atoms with Crippen LogP contribution in [0.4, 0.5) is 26.3 Å². The molecule has 4 rings (SSSR count). The van der Waals surface area contributed by atoms with Gasteiger partial charge in [-0.2, -0.15) is 30.6 Å². The lowest BCUT2D eigenvalue weighted by molar-refractivity contribution is -0.193. The Morgan fingerprint density at radius 2 is 1.59 bits per heavy atom. The minimum absolute atomic E-state index is 0.0563. The van der Waals surface area contributed by atoms with Crippen LogP contribution in [0.15, 0.2) is 29.4 Å². The normalized spacial score (nSPS) is 22.6. The van der Waals surface area contributed by atoms with Crippen molar-refractivity contribution < 1.29 is 59.4 Å². The van der Waals surface area contributed by atoms with Gasteiger partial charge in [-0.3, -0.25) is 4.79 Å². The Bertz CT molecular complexity index is 1150. The number of hydrogen-bond donors (Lipinski definition) is 3. The van der Waals surface area contributed by atoms with Gasteiger partial charge in [-0.1, -0.05) is 19.4 Å². The second kappa shape index (κ2) is 13.3. The number of nitrogens with zero attached hydrogens (tertiary/aromatic N) is 3. The fraction of sp³-hybridized carbons (Fsp3) is 0.652.